The SMILES string of the molecule is CCc1ncnc(-c2ccnc(OC)c2)c1-c1cnc(C)c(NS(C)(=O)=O)c1. The summed E-state index contributed by atoms with van der Waals surface area (Å²) in [5.74, 6) is 0.474. The lowest BCUT2D eigenvalue weighted by Gasteiger charge is -2.15. The second-order valence-electron chi connectivity index (χ2n) is 6.22. The van der Waals surface area contributed by atoms with E-state index in [4.69, 9.17) is 4.74 Å². The molecule has 0 spiro atoms. The zero-order valence-electron chi connectivity index (χ0n) is 16.1. The van der Waals surface area contributed by atoms with Crippen LogP contribution in [0.2, 0.25) is 0 Å². The Morgan fingerprint density at radius 1 is 1.11 bits per heavy atom. The van der Waals surface area contributed by atoms with Crippen molar-refractivity contribution in [2.45, 2.75) is 20.3 Å². The molecule has 3 aromatic heterocycles. The second kappa shape index (κ2) is 7.89. The predicted octanol–water partition coefficient (Wildman–Crippen LogP) is 2.85. The van der Waals surface area contributed by atoms with Gasteiger partial charge in [0.15, 0.2) is 0 Å². The molecule has 0 aliphatic rings. The Morgan fingerprint density at radius 3 is 2.57 bits per heavy atom. The standard InChI is InChI=1S/C19H21N5O3S/c1-5-15-18(14-8-16(12(2)21-10-14)24-28(4,25)26)19(23-11-22-15)13-6-7-20-17(9-13)27-3/h6-11,24H,5H2,1-4H3. The summed E-state index contributed by atoms with van der Waals surface area (Å²) in [7, 11) is -1.88. The first-order chi connectivity index (χ1) is 13.3. The molecule has 3 rings (SSSR count). The fraction of sp³-hybridized carbons (Fsp3) is 0.263. The van der Waals surface area contributed by atoms with Crippen molar-refractivity contribution in [1.82, 2.24) is 19.9 Å². The van der Waals surface area contributed by atoms with Crippen LogP contribution in [0.15, 0.2) is 36.9 Å². The minimum atomic E-state index is -3.43. The number of nitrogens with zero attached hydrogens (tertiary/aromatic N) is 4. The molecule has 0 aromatic carbocycles. The molecular formula is C19H21N5O3S. The Hall–Kier alpha value is -3.07. The zero-order chi connectivity index (χ0) is 20.3. The van der Waals surface area contributed by atoms with Crippen LogP contribution >= 0.6 is 0 Å². The van der Waals surface area contributed by atoms with Crippen LogP contribution < -0.4 is 9.46 Å². The van der Waals surface area contributed by atoms with Crippen molar-refractivity contribution in [3.63, 3.8) is 0 Å². The third kappa shape index (κ3) is 4.25. The topological polar surface area (TPSA) is 107 Å². The van der Waals surface area contributed by atoms with Crippen molar-refractivity contribution in [2.75, 3.05) is 18.1 Å². The van der Waals surface area contributed by atoms with Crippen molar-refractivity contribution in [2.24, 2.45) is 0 Å². The second-order valence-corrected chi connectivity index (χ2v) is 7.96. The monoisotopic (exact) mass is 399 g/mol. The first-order valence-corrected chi connectivity index (χ1v) is 10.5. The number of hydrogen-bond donors (Lipinski definition) is 1. The first-order valence-electron chi connectivity index (χ1n) is 8.61. The molecule has 0 aliphatic carbocycles. The minimum absolute atomic E-state index is 0.421. The van der Waals surface area contributed by atoms with E-state index in [9.17, 15) is 8.42 Å². The molecule has 0 aliphatic heterocycles. The van der Waals surface area contributed by atoms with Crippen molar-refractivity contribution in [3.8, 4) is 28.3 Å². The Morgan fingerprint density at radius 2 is 1.89 bits per heavy atom. The number of nitrogens with one attached hydrogen (secondary N) is 1. The van der Waals surface area contributed by atoms with Gasteiger partial charge in [0.05, 0.1) is 36.1 Å². The molecule has 28 heavy (non-hydrogen) atoms. The maximum atomic E-state index is 11.7. The molecule has 0 unspecified atom stereocenters. The average Bonchev–Trinajstić information content (AvgIpc) is 2.68. The lowest BCUT2D eigenvalue weighted by Crippen LogP contribution is -2.11. The molecule has 8 nitrogen and oxygen atoms in total. The number of aromatic nitrogens is 4. The summed E-state index contributed by atoms with van der Waals surface area (Å²) in [4.78, 5) is 17.4. The van der Waals surface area contributed by atoms with Gasteiger partial charge in [0.2, 0.25) is 15.9 Å². The summed E-state index contributed by atoms with van der Waals surface area (Å²) in [5, 5.41) is 0. The maximum absolute atomic E-state index is 11.7. The van der Waals surface area contributed by atoms with E-state index in [0.29, 0.717) is 29.4 Å². The van der Waals surface area contributed by atoms with E-state index < -0.39 is 10.0 Å². The summed E-state index contributed by atoms with van der Waals surface area (Å²) in [5.41, 5.74) is 4.86. The molecule has 0 atom stereocenters. The van der Waals surface area contributed by atoms with Crippen LogP contribution in [0.4, 0.5) is 5.69 Å². The van der Waals surface area contributed by atoms with Gasteiger partial charge in [0, 0.05) is 35.2 Å². The number of aryl methyl sites for hydroxylation is 2. The molecule has 3 aromatic rings. The highest BCUT2D eigenvalue weighted by atomic mass is 32.2. The fourth-order valence-corrected chi connectivity index (χ4v) is 3.46. The normalized spacial score (nSPS) is 11.3. The van der Waals surface area contributed by atoms with E-state index in [0.717, 1.165) is 28.6 Å². The van der Waals surface area contributed by atoms with E-state index in [1.807, 2.05) is 13.0 Å². The van der Waals surface area contributed by atoms with Crippen LogP contribution in [0, 0.1) is 6.92 Å². The van der Waals surface area contributed by atoms with Gasteiger partial charge < -0.3 is 4.74 Å². The predicted molar refractivity (Wildman–Crippen MR) is 108 cm³/mol. The lowest BCUT2D eigenvalue weighted by molar-refractivity contribution is 0.398. The van der Waals surface area contributed by atoms with Gasteiger partial charge in [0.25, 0.3) is 0 Å². The quantitative estimate of drug-likeness (QED) is 0.679. The smallest absolute Gasteiger partial charge is 0.229 e. The summed E-state index contributed by atoms with van der Waals surface area (Å²) in [6.07, 6.45) is 6.65. The van der Waals surface area contributed by atoms with Crippen molar-refractivity contribution in [3.05, 3.63) is 48.3 Å². The highest BCUT2D eigenvalue weighted by Crippen LogP contribution is 2.35. The fourth-order valence-electron chi connectivity index (χ4n) is 2.85. The van der Waals surface area contributed by atoms with E-state index >= 15 is 0 Å². The summed E-state index contributed by atoms with van der Waals surface area (Å²) in [6, 6.07) is 5.39. The summed E-state index contributed by atoms with van der Waals surface area (Å²) >= 11 is 0. The Labute approximate surface area is 164 Å². The summed E-state index contributed by atoms with van der Waals surface area (Å²) < 4.78 is 31.1. The maximum Gasteiger partial charge on any atom is 0.229 e. The van der Waals surface area contributed by atoms with E-state index in [1.165, 1.54) is 6.33 Å². The van der Waals surface area contributed by atoms with Gasteiger partial charge in [-0.05, 0) is 25.5 Å². The van der Waals surface area contributed by atoms with Gasteiger partial charge >= 0.3 is 0 Å². The molecule has 0 amide bonds. The van der Waals surface area contributed by atoms with Gasteiger partial charge in [-0.2, -0.15) is 0 Å². The molecule has 0 saturated heterocycles. The van der Waals surface area contributed by atoms with Gasteiger partial charge in [0.1, 0.15) is 6.33 Å². The van der Waals surface area contributed by atoms with Crippen LogP contribution in [0.25, 0.3) is 22.4 Å². The van der Waals surface area contributed by atoms with E-state index in [2.05, 4.69) is 24.7 Å². The number of pyridine rings is 2. The molecule has 0 radical (unpaired) electrons. The third-order valence-electron chi connectivity index (χ3n) is 4.15. The largest absolute Gasteiger partial charge is 0.481 e. The van der Waals surface area contributed by atoms with Crippen LogP contribution in [0.3, 0.4) is 0 Å². The molecule has 0 saturated carbocycles. The number of hydrogen-bond acceptors (Lipinski definition) is 7. The Balaban J connectivity index is 2.23. The van der Waals surface area contributed by atoms with Crippen LogP contribution in [0.1, 0.15) is 18.3 Å². The van der Waals surface area contributed by atoms with Crippen LogP contribution in [0.5, 0.6) is 5.88 Å². The molecule has 9 heteroatoms. The highest BCUT2D eigenvalue weighted by Gasteiger charge is 2.17. The van der Waals surface area contributed by atoms with Crippen molar-refractivity contribution in [1.29, 1.82) is 0 Å². The number of rotatable bonds is 6. The van der Waals surface area contributed by atoms with Gasteiger partial charge in [-0.15, -0.1) is 0 Å². The number of sulfonamides is 1. The molecule has 0 fully saturated rings. The summed E-state index contributed by atoms with van der Waals surface area (Å²) in [6.45, 7) is 3.74. The Bertz CT molecular complexity index is 1120. The zero-order valence-corrected chi connectivity index (χ0v) is 16.9. The van der Waals surface area contributed by atoms with Crippen molar-refractivity contribution < 1.29 is 13.2 Å². The third-order valence-corrected chi connectivity index (χ3v) is 4.74. The molecule has 146 valence electrons. The van der Waals surface area contributed by atoms with Crippen LogP contribution in [-0.2, 0) is 16.4 Å². The van der Waals surface area contributed by atoms with Crippen molar-refractivity contribution >= 4 is 15.7 Å². The van der Waals surface area contributed by atoms with Gasteiger partial charge in [-0.25, -0.2) is 23.4 Å². The van der Waals surface area contributed by atoms with Crippen LogP contribution in [-0.4, -0.2) is 41.7 Å². The molecule has 3 heterocycles. The average molecular weight is 399 g/mol. The minimum Gasteiger partial charge on any atom is -0.481 e. The number of ether oxygens (including phenoxy) is 1. The van der Waals surface area contributed by atoms with E-state index in [-0.39, 0.29) is 0 Å². The number of methoxy groups -OCH3 is 1. The molecule has 1 N–H and O–H groups in total. The van der Waals surface area contributed by atoms with Gasteiger partial charge in [-0.3, -0.25) is 9.71 Å². The van der Waals surface area contributed by atoms with Gasteiger partial charge in [-0.1, -0.05) is 6.92 Å². The Kier molecular flexibility index (Phi) is 5.55. The lowest BCUT2D eigenvalue weighted by atomic mass is 9.97. The molecule has 0 bridgehead atoms. The number of anilines is 1. The highest BCUT2D eigenvalue weighted by molar-refractivity contribution is 7.92. The van der Waals surface area contributed by atoms with E-state index in [1.54, 1.807) is 38.6 Å². The molecular weight excluding hydrogens is 378 g/mol. The first kappa shape index (κ1) is 19.7.